The van der Waals surface area contributed by atoms with Gasteiger partial charge in [-0.3, -0.25) is 4.79 Å². The third kappa shape index (κ3) is 5.33. The lowest BCUT2D eigenvalue weighted by Gasteiger charge is -2.09. The molecule has 0 unspecified atom stereocenters. The highest BCUT2D eigenvalue weighted by Crippen LogP contribution is 2.31. The molecule has 0 spiro atoms. The van der Waals surface area contributed by atoms with E-state index in [-0.39, 0.29) is 5.56 Å². The molecule has 4 rings (SSSR count). The Morgan fingerprint density at radius 3 is 2.45 bits per heavy atom. The first kappa shape index (κ1) is 21.1. The molecular formula is C27H31N3O. The maximum atomic E-state index is 11.1. The van der Waals surface area contributed by atoms with E-state index < -0.39 is 0 Å². The lowest BCUT2D eigenvalue weighted by atomic mass is 9.99. The standard InChI is InChI=1S/C27H31N3O/c1-19-15-20(2)17-22(16-19)27-24(23-8-3-4-9-25(23)30-27)12-14-28-13-6-5-7-21-10-11-26(31)29-18-21/h3-4,8-11,15-18,28,30H,5-7,12-14H2,1-2H3,(H,29,31). The molecule has 2 aromatic carbocycles. The summed E-state index contributed by atoms with van der Waals surface area (Å²) >= 11 is 0. The van der Waals surface area contributed by atoms with E-state index in [0.717, 1.165) is 38.8 Å². The highest BCUT2D eigenvalue weighted by Gasteiger charge is 2.13. The fourth-order valence-corrected chi connectivity index (χ4v) is 4.34. The van der Waals surface area contributed by atoms with Crippen molar-refractivity contribution in [2.45, 2.75) is 39.5 Å². The van der Waals surface area contributed by atoms with Gasteiger partial charge in [-0.1, -0.05) is 41.5 Å². The lowest BCUT2D eigenvalue weighted by Crippen LogP contribution is -2.18. The summed E-state index contributed by atoms with van der Waals surface area (Å²) in [5, 5.41) is 4.93. The molecule has 2 aromatic heterocycles. The number of benzene rings is 2. The van der Waals surface area contributed by atoms with Crippen molar-refractivity contribution in [1.29, 1.82) is 0 Å². The minimum absolute atomic E-state index is 0.0390. The van der Waals surface area contributed by atoms with Crippen molar-refractivity contribution in [3.63, 3.8) is 0 Å². The van der Waals surface area contributed by atoms with Crippen LogP contribution in [0.1, 0.15) is 35.1 Å². The van der Waals surface area contributed by atoms with Gasteiger partial charge in [0.1, 0.15) is 0 Å². The number of hydrogen-bond acceptors (Lipinski definition) is 2. The van der Waals surface area contributed by atoms with Crippen LogP contribution in [-0.2, 0) is 12.8 Å². The number of aromatic amines is 2. The van der Waals surface area contributed by atoms with Crippen LogP contribution in [0.25, 0.3) is 22.2 Å². The summed E-state index contributed by atoms with van der Waals surface area (Å²) in [6.07, 6.45) is 6.04. The lowest BCUT2D eigenvalue weighted by molar-refractivity contribution is 0.623. The average Bonchev–Trinajstić information content (AvgIpc) is 3.12. The molecule has 0 bridgehead atoms. The molecular weight excluding hydrogens is 382 g/mol. The molecule has 0 aliphatic heterocycles. The molecule has 3 N–H and O–H groups in total. The van der Waals surface area contributed by atoms with Crippen LogP contribution < -0.4 is 10.9 Å². The highest BCUT2D eigenvalue weighted by atomic mass is 16.1. The van der Waals surface area contributed by atoms with Gasteiger partial charge in [0.05, 0.1) is 0 Å². The van der Waals surface area contributed by atoms with Gasteiger partial charge in [0.25, 0.3) is 0 Å². The Morgan fingerprint density at radius 2 is 1.68 bits per heavy atom. The molecule has 31 heavy (non-hydrogen) atoms. The highest BCUT2D eigenvalue weighted by molar-refractivity contribution is 5.91. The van der Waals surface area contributed by atoms with E-state index in [4.69, 9.17) is 0 Å². The number of para-hydroxylation sites is 1. The van der Waals surface area contributed by atoms with Gasteiger partial charge in [-0.05, 0) is 87.5 Å². The smallest absolute Gasteiger partial charge is 0.247 e. The predicted molar refractivity (Wildman–Crippen MR) is 130 cm³/mol. The molecule has 0 aliphatic carbocycles. The Morgan fingerprint density at radius 1 is 0.871 bits per heavy atom. The van der Waals surface area contributed by atoms with Crippen LogP contribution in [0.4, 0.5) is 0 Å². The van der Waals surface area contributed by atoms with Crippen LogP contribution in [0.3, 0.4) is 0 Å². The van der Waals surface area contributed by atoms with Crippen molar-refractivity contribution < 1.29 is 0 Å². The largest absolute Gasteiger partial charge is 0.354 e. The molecule has 2 heterocycles. The third-order valence-corrected chi connectivity index (χ3v) is 5.79. The number of aryl methyl sites for hydroxylation is 3. The fraction of sp³-hybridized carbons (Fsp3) is 0.296. The number of unbranched alkanes of at least 4 members (excludes halogenated alkanes) is 1. The van der Waals surface area contributed by atoms with Crippen LogP contribution in [0.5, 0.6) is 0 Å². The van der Waals surface area contributed by atoms with Gasteiger partial charge in [-0.2, -0.15) is 0 Å². The molecule has 0 atom stereocenters. The zero-order chi connectivity index (χ0) is 21.6. The average molecular weight is 414 g/mol. The quantitative estimate of drug-likeness (QED) is 0.326. The summed E-state index contributed by atoms with van der Waals surface area (Å²) in [6.45, 7) is 6.28. The molecule has 4 nitrogen and oxygen atoms in total. The van der Waals surface area contributed by atoms with Crippen molar-refractivity contribution in [2.75, 3.05) is 13.1 Å². The summed E-state index contributed by atoms with van der Waals surface area (Å²) in [5.74, 6) is 0. The zero-order valence-corrected chi connectivity index (χ0v) is 18.4. The summed E-state index contributed by atoms with van der Waals surface area (Å²) in [7, 11) is 0. The second-order valence-electron chi connectivity index (χ2n) is 8.42. The van der Waals surface area contributed by atoms with Gasteiger partial charge in [0.2, 0.25) is 5.56 Å². The number of nitrogens with one attached hydrogen (secondary N) is 3. The zero-order valence-electron chi connectivity index (χ0n) is 18.4. The SMILES string of the molecule is Cc1cc(C)cc(-c2[nH]c3ccccc3c2CCNCCCCc2ccc(=O)[nH]c2)c1. The van der Waals surface area contributed by atoms with Gasteiger partial charge in [-0.15, -0.1) is 0 Å². The number of hydrogen-bond donors (Lipinski definition) is 3. The number of H-pyrrole nitrogens is 2. The predicted octanol–water partition coefficient (Wildman–Crippen LogP) is 5.30. The Bertz CT molecular complexity index is 1180. The maximum Gasteiger partial charge on any atom is 0.247 e. The van der Waals surface area contributed by atoms with Crippen molar-refractivity contribution in [3.05, 3.63) is 93.4 Å². The van der Waals surface area contributed by atoms with Crippen LogP contribution in [0.15, 0.2) is 65.6 Å². The fourth-order valence-electron chi connectivity index (χ4n) is 4.34. The van der Waals surface area contributed by atoms with Gasteiger partial charge in [0, 0.05) is 28.9 Å². The van der Waals surface area contributed by atoms with Crippen molar-refractivity contribution in [3.8, 4) is 11.3 Å². The molecule has 160 valence electrons. The number of pyridine rings is 1. The summed E-state index contributed by atoms with van der Waals surface area (Å²) in [6, 6.07) is 18.9. The van der Waals surface area contributed by atoms with E-state index in [1.165, 1.54) is 44.4 Å². The molecule has 0 amide bonds. The van der Waals surface area contributed by atoms with E-state index in [0.29, 0.717) is 0 Å². The second-order valence-corrected chi connectivity index (χ2v) is 8.42. The van der Waals surface area contributed by atoms with Gasteiger partial charge >= 0.3 is 0 Å². The molecule has 0 saturated carbocycles. The van der Waals surface area contributed by atoms with Crippen LogP contribution >= 0.6 is 0 Å². The van der Waals surface area contributed by atoms with Gasteiger partial charge in [0.15, 0.2) is 0 Å². The number of rotatable bonds is 9. The van der Waals surface area contributed by atoms with E-state index in [1.807, 2.05) is 12.3 Å². The van der Waals surface area contributed by atoms with Gasteiger partial charge in [-0.25, -0.2) is 0 Å². The number of aromatic nitrogens is 2. The Kier molecular flexibility index (Phi) is 6.68. The molecule has 0 radical (unpaired) electrons. The Hall–Kier alpha value is -3.11. The van der Waals surface area contributed by atoms with E-state index in [2.05, 4.69) is 71.6 Å². The molecule has 0 fully saturated rings. The van der Waals surface area contributed by atoms with E-state index in [9.17, 15) is 4.79 Å². The number of fused-ring (bicyclic) bond motifs is 1. The summed E-state index contributed by atoms with van der Waals surface area (Å²) in [5.41, 5.74) is 8.84. The maximum absolute atomic E-state index is 11.1. The van der Waals surface area contributed by atoms with Crippen molar-refractivity contribution in [1.82, 2.24) is 15.3 Å². The first-order valence-corrected chi connectivity index (χ1v) is 11.2. The normalized spacial score (nSPS) is 11.3. The van der Waals surface area contributed by atoms with Gasteiger partial charge < -0.3 is 15.3 Å². The summed E-state index contributed by atoms with van der Waals surface area (Å²) in [4.78, 5) is 17.5. The molecule has 4 aromatic rings. The first-order chi connectivity index (χ1) is 15.1. The van der Waals surface area contributed by atoms with Crippen LogP contribution in [0.2, 0.25) is 0 Å². The Balaban J connectivity index is 1.36. The van der Waals surface area contributed by atoms with Crippen molar-refractivity contribution >= 4 is 10.9 Å². The van der Waals surface area contributed by atoms with Crippen molar-refractivity contribution in [2.24, 2.45) is 0 Å². The van der Waals surface area contributed by atoms with Crippen LogP contribution in [-0.4, -0.2) is 23.1 Å². The summed E-state index contributed by atoms with van der Waals surface area (Å²) < 4.78 is 0. The second kappa shape index (κ2) is 9.80. The molecule has 0 aliphatic rings. The topological polar surface area (TPSA) is 60.7 Å². The monoisotopic (exact) mass is 413 g/mol. The molecule has 0 saturated heterocycles. The first-order valence-electron chi connectivity index (χ1n) is 11.2. The van der Waals surface area contributed by atoms with E-state index in [1.54, 1.807) is 6.07 Å². The minimum Gasteiger partial charge on any atom is -0.354 e. The Labute approximate surface area is 183 Å². The third-order valence-electron chi connectivity index (χ3n) is 5.79. The van der Waals surface area contributed by atoms with Crippen LogP contribution in [0, 0.1) is 13.8 Å². The van der Waals surface area contributed by atoms with E-state index >= 15 is 0 Å². The molecule has 4 heteroatoms. The minimum atomic E-state index is -0.0390.